The van der Waals surface area contributed by atoms with Crippen LogP contribution >= 0.6 is 23.1 Å². The van der Waals surface area contributed by atoms with Crippen LogP contribution in [0.4, 0.5) is 9.52 Å². The number of fused-ring (bicyclic) bond motifs is 1. The monoisotopic (exact) mass is 458 g/mol. The summed E-state index contributed by atoms with van der Waals surface area (Å²) in [6.07, 6.45) is 3.14. The fourth-order valence-corrected chi connectivity index (χ4v) is 5.88. The number of nitrogens with zero attached hydrogens (tertiary/aromatic N) is 3. The molecule has 0 spiro atoms. The van der Waals surface area contributed by atoms with Gasteiger partial charge in [-0.2, -0.15) is 0 Å². The number of carbonyl (C=O) groups is 1. The molecule has 0 radical (unpaired) electrons. The number of halogens is 1. The fourth-order valence-electron chi connectivity index (χ4n) is 3.78. The molecule has 0 saturated heterocycles. The van der Waals surface area contributed by atoms with Crippen molar-refractivity contribution in [3.05, 3.63) is 47.5 Å². The second-order valence-corrected chi connectivity index (χ2v) is 10.2. The van der Waals surface area contributed by atoms with Gasteiger partial charge in [0, 0.05) is 28.6 Å². The number of pyridine rings is 1. The summed E-state index contributed by atoms with van der Waals surface area (Å²) in [6, 6.07) is 6.17. The number of aromatic nitrogens is 3. The zero-order valence-corrected chi connectivity index (χ0v) is 18.4. The Hall–Kier alpha value is -2.56. The van der Waals surface area contributed by atoms with Crippen molar-refractivity contribution in [2.24, 2.45) is 5.41 Å². The second kappa shape index (κ2) is 7.25. The summed E-state index contributed by atoms with van der Waals surface area (Å²) in [6.45, 7) is 1.77. The molecule has 160 valence electrons. The molecule has 2 aliphatic carbocycles. The van der Waals surface area contributed by atoms with E-state index < -0.39 is 17.3 Å². The van der Waals surface area contributed by atoms with Crippen molar-refractivity contribution in [1.29, 1.82) is 0 Å². The number of benzene rings is 1. The van der Waals surface area contributed by atoms with E-state index in [1.165, 1.54) is 42.5 Å². The first-order valence-corrected chi connectivity index (χ1v) is 11.4. The quantitative estimate of drug-likeness (QED) is 0.409. The van der Waals surface area contributed by atoms with E-state index in [0.717, 1.165) is 22.9 Å². The molecule has 2 N–H and O–H groups in total. The van der Waals surface area contributed by atoms with E-state index in [1.54, 1.807) is 25.1 Å². The summed E-state index contributed by atoms with van der Waals surface area (Å²) >= 11 is 2.80. The molecule has 1 amide bonds. The lowest BCUT2D eigenvalue weighted by atomic mass is 9.98. The molecule has 2 aromatic heterocycles. The maximum absolute atomic E-state index is 14.7. The van der Waals surface area contributed by atoms with Gasteiger partial charge in [0.25, 0.3) is 5.91 Å². The predicted molar refractivity (Wildman–Crippen MR) is 116 cm³/mol. The highest BCUT2D eigenvalue weighted by atomic mass is 32.2. The van der Waals surface area contributed by atoms with Gasteiger partial charge in [0.05, 0.1) is 23.8 Å². The first-order valence-electron chi connectivity index (χ1n) is 9.64. The topological polar surface area (TPSA) is 97.2 Å². The van der Waals surface area contributed by atoms with Gasteiger partial charge in [-0.15, -0.1) is 10.2 Å². The predicted octanol–water partition coefficient (Wildman–Crippen LogP) is 3.93. The highest BCUT2D eigenvalue weighted by molar-refractivity contribution is 8.01. The summed E-state index contributed by atoms with van der Waals surface area (Å²) in [5, 5.41) is 21.2. The molecule has 31 heavy (non-hydrogen) atoms. The van der Waals surface area contributed by atoms with Gasteiger partial charge in [-0.1, -0.05) is 29.2 Å². The fraction of sp³-hybridized carbons (Fsp3) is 0.333. The molecule has 0 atom stereocenters. The van der Waals surface area contributed by atoms with Crippen molar-refractivity contribution in [2.75, 3.05) is 18.2 Å². The van der Waals surface area contributed by atoms with Crippen molar-refractivity contribution in [3.63, 3.8) is 0 Å². The van der Waals surface area contributed by atoms with E-state index in [-0.39, 0.29) is 16.5 Å². The average Bonchev–Trinajstić information content (AvgIpc) is 3.39. The van der Waals surface area contributed by atoms with Crippen LogP contribution in [0, 0.1) is 18.2 Å². The van der Waals surface area contributed by atoms with Gasteiger partial charge in [-0.05, 0) is 38.0 Å². The van der Waals surface area contributed by atoms with E-state index in [4.69, 9.17) is 4.74 Å². The number of amides is 1. The van der Waals surface area contributed by atoms with Crippen LogP contribution < -0.4 is 10.1 Å². The van der Waals surface area contributed by atoms with Crippen molar-refractivity contribution in [3.8, 4) is 16.9 Å². The van der Waals surface area contributed by atoms with Gasteiger partial charge in [0.2, 0.25) is 5.13 Å². The normalized spacial score (nSPS) is 23.2. The zero-order valence-electron chi connectivity index (χ0n) is 16.8. The maximum Gasteiger partial charge on any atom is 0.259 e. The highest BCUT2D eigenvalue weighted by Crippen LogP contribution is 2.79. The lowest BCUT2D eigenvalue weighted by Gasteiger charge is -2.14. The van der Waals surface area contributed by atoms with Gasteiger partial charge in [0.15, 0.2) is 4.34 Å². The molecule has 0 unspecified atom stereocenters. The molecular weight excluding hydrogens is 439 g/mol. The summed E-state index contributed by atoms with van der Waals surface area (Å²) in [7, 11) is 1.45. The molecule has 3 aromatic rings. The first kappa shape index (κ1) is 20.3. The SMILES string of the molecule is COc1cccc(F)c1-c1cc(C)ncc1C(=O)Nc1nnc(SCC23CC2(O)C3)s1. The van der Waals surface area contributed by atoms with Crippen LogP contribution in [0.5, 0.6) is 5.75 Å². The Labute approximate surface area is 186 Å². The Morgan fingerprint density at radius 1 is 1.39 bits per heavy atom. The van der Waals surface area contributed by atoms with Gasteiger partial charge in [0.1, 0.15) is 11.6 Å². The molecule has 2 aliphatic rings. The Balaban J connectivity index is 1.37. The zero-order chi connectivity index (χ0) is 21.8. The lowest BCUT2D eigenvalue weighted by molar-refractivity contribution is 0.102. The number of aliphatic hydroxyl groups is 1. The number of thioether (sulfide) groups is 1. The Morgan fingerprint density at radius 3 is 2.87 bits per heavy atom. The third kappa shape index (κ3) is 3.58. The smallest absolute Gasteiger partial charge is 0.259 e. The van der Waals surface area contributed by atoms with Gasteiger partial charge in [-0.25, -0.2) is 4.39 Å². The van der Waals surface area contributed by atoms with Crippen LogP contribution in [0.25, 0.3) is 11.1 Å². The molecule has 0 aliphatic heterocycles. The maximum atomic E-state index is 14.7. The Kier molecular flexibility index (Phi) is 4.76. The van der Waals surface area contributed by atoms with Gasteiger partial charge >= 0.3 is 0 Å². The van der Waals surface area contributed by atoms with Crippen LogP contribution in [-0.4, -0.2) is 44.7 Å². The van der Waals surface area contributed by atoms with Crippen molar-refractivity contribution < 1.29 is 19.0 Å². The number of hydrogen-bond acceptors (Lipinski definition) is 8. The molecule has 1 aromatic carbocycles. The van der Waals surface area contributed by atoms with Crippen molar-refractivity contribution >= 4 is 34.1 Å². The van der Waals surface area contributed by atoms with Crippen LogP contribution in [0.3, 0.4) is 0 Å². The first-order chi connectivity index (χ1) is 14.8. The van der Waals surface area contributed by atoms with E-state index in [9.17, 15) is 14.3 Å². The Bertz CT molecular complexity index is 1190. The molecule has 2 heterocycles. The van der Waals surface area contributed by atoms with Crippen LogP contribution in [-0.2, 0) is 0 Å². The van der Waals surface area contributed by atoms with E-state index >= 15 is 0 Å². The van der Waals surface area contributed by atoms with E-state index in [1.807, 2.05) is 0 Å². The third-order valence-electron chi connectivity index (χ3n) is 5.85. The minimum atomic E-state index is -0.493. The molecular formula is C21H19FN4O3S2. The highest BCUT2D eigenvalue weighted by Gasteiger charge is 2.82. The van der Waals surface area contributed by atoms with Crippen molar-refractivity contribution in [2.45, 2.75) is 29.7 Å². The Morgan fingerprint density at radius 2 is 2.16 bits per heavy atom. The minimum absolute atomic E-state index is 0.0635. The molecule has 2 saturated carbocycles. The van der Waals surface area contributed by atoms with Gasteiger partial charge < -0.3 is 9.84 Å². The lowest BCUT2D eigenvalue weighted by Crippen LogP contribution is -2.14. The second-order valence-electron chi connectivity index (χ2n) is 7.97. The van der Waals surface area contributed by atoms with Crippen molar-refractivity contribution in [1.82, 2.24) is 15.2 Å². The minimum Gasteiger partial charge on any atom is -0.496 e. The number of carbonyl (C=O) groups excluding carboxylic acids is 1. The molecule has 0 bridgehead atoms. The average molecular weight is 459 g/mol. The third-order valence-corrected chi connectivity index (χ3v) is 8.11. The summed E-state index contributed by atoms with van der Waals surface area (Å²) in [5.74, 6) is 0.172. The van der Waals surface area contributed by atoms with Crippen LogP contribution in [0.15, 0.2) is 34.8 Å². The molecule has 2 fully saturated rings. The number of anilines is 1. The van der Waals surface area contributed by atoms with E-state index in [2.05, 4.69) is 20.5 Å². The number of ether oxygens (including phenoxy) is 1. The number of nitrogens with one attached hydrogen (secondary N) is 1. The number of methoxy groups -OCH3 is 1. The number of hydrogen-bond donors (Lipinski definition) is 2. The number of aryl methyl sites for hydroxylation is 1. The summed E-state index contributed by atoms with van der Waals surface area (Å²) < 4.78 is 20.7. The molecule has 7 nitrogen and oxygen atoms in total. The summed E-state index contributed by atoms with van der Waals surface area (Å²) in [4.78, 5) is 17.2. The van der Waals surface area contributed by atoms with Crippen LogP contribution in [0.1, 0.15) is 28.9 Å². The molecule has 5 rings (SSSR count). The molecule has 10 heteroatoms. The van der Waals surface area contributed by atoms with E-state index in [0.29, 0.717) is 22.1 Å². The van der Waals surface area contributed by atoms with Crippen LogP contribution in [0.2, 0.25) is 0 Å². The van der Waals surface area contributed by atoms with Gasteiger partial charge in [-0.3, -0.25) is 15.1 Å². The standard InChI is InChI=1S/C21H19FN4O3S2/c1-11-6-12(16-14(22)4-3-5-15(16)29-2)13(7-23-11)17(27)24-18-25-26-19(31-18)30-10-20-8-21(20,28)9-20/h3-7,28H,8-10H2,1-2H3,(H,24,25,27). The number of rotatable bonds is 7. The largest absolute Gasteiger partial charge is 0.496 e. The summed E-state index contributed by atoms with van der Waals surface area (Å²) in [5.41, 5.74) is 1.07.